The van der Waals surface area contributed by atoms with Gasteiger partial charge in [-0.2, -0.15) is 13.2 Å². The number of anilines is 1. The van der Waals surface area contributed by atoms with E-state index in [1.807, 2.05) is 24.3 Å². The van der Waals surface area contributed by atoms with Crippen LogP contribution in [0.1, 0.15) is 50.8 Å². The zero-order valence-electron chi connectivity index (χ0n) is 19.8. The molecule has 3 aromatic rings. The van der Waals surface area contributed by atoms with E-state index in [2.05, 4.69) is 36.5 Å². The molecule has 2 N–H and O–H groups in total. The first-order valence-corrected chi connectivity index (χ1v) is 11.5. The number of carbonyl (C=O) groups is 1. The van der Waals surface area contributed by atoms with Gasteiger partial charge in [-0.25, -0.2) is 14.3 Å². The predicted molar refractivity (Wildman–Crippen MR) is 127 cm³/mol. The second kappa shape index (κ2) is 9.24. The van der Waals surface area contributed by atoms with Crippen molar-refractivity contribution in [2.75, 3.05) is 11.9 Å². The Balaban J connectivity index is 1.43. The van der Waals surface area contributed by atoms with E-state index in [0.717, 1.165) is 30.5 Å². The van der Waals surface area contributed by atoms with Crippen molar-refractivity contribution in [1.82, 2.24) is 19.7 Å². The van der Waals surface area contributed by atoms with Crippen LogP contribution in [0.3, 0.4) is 0 Å². The van der Waals surface area contributed by atoms with Gasteiger partial charge in [0.1, 0.15) is 0 Å². The molecule has 0 unspecified atom stereocenters. The molecule has 4 rings (SSSR count). The fourth-order valence-electron chi connectivity index (χ4n) is 3.76. The summed E-state index contributed by atoms with van der Waals surface area (Å²) in [7, 11) is 0. The lowest BCUT2D eigenvalue weighted by molar-refractivity contribution is -0.137. The average molecular weight is 488 g/mol. The highest BCUT2D eigenvalue weighted by Crippen LogP contribution is 2.37. The van der Waals surface area contributed by atoms with Crippen molar-refractivity contribution in [3.8, 4) is 11.4 Å². The molecular formula is C25H28F3N5O2. The van der Waals surface area contributed by atoms with Gasteiger partial charge < -0.3 is 10.6 Å². The van der Waals surface area contributed by atoms with Crippen LogP contribution in [-0.4, -0.2) is 26.9 Å². The highest BCUT2D eigenvalue weighted by atomic mass is 19.4. The van der Waals surface area contributed by atoms with Gasteiger partial charge in [-0.3, -0.25) is 4.57 Å². The van der Waals surface area contributed by atoms with E-state index in [4.69, 9.17) is 0 Å². The van der Waals surface area contributed by atoms with Crippen molar-refractivity contribution in [2.45, 2.75) is 57.8 Å². The number of hydrogen-bond donors (Lipinski definition) is 2. The van der Waals surface area contributed by atoms with E-state index < -0.39 is 23.5 Å². The fourth-order valence-corrected chi connectivity index (χ4v) is 3.76. The topological polar surface area (TPSA) is 81.0 Å². The number of nitrogens with zero attached hydrogens (tertiary/aromatic N) is 3. The lowest BCUT2D eigenvalue weighted by atomic mass is 9.87. The minimum atomic E-state index is -4.49. The molecule has 1 aromatic heterocycles. The zero-order chi connectivity index (χ0) is 25.4. The third-order valence-electron chi connectivity index (χ3n) is 5.85. The number of benzene rings is 2. The summed E-state index contributed by atoms with van der Waals surface area (Å²) in [5, 5.41) is 9.74. The van der Waals surface area contributed by atoms with Gasteiger partial charge in [-0.15, -0.1) is 5.10 Å². The van der Waals surface area contributed by atoms with Gasteiger partial charge in [0.2, 0.25) is 0 Å². The molecule has 7 nitrogen and oxygen atoms in total. The van der Waals surface area contributed by atoms with Crippen LogP contribution < -0.4 is 16.3 Å². The average Bonchev–Trinajstić information content (AvgIpc) is 3.57. The van der Waals surface area contributed by atoms with Gasteiger partial charge in [-0.1, -0.05) is 45.0 Å². The molecule has 0 saturated heterocycles. The van der Waals surface area contributed by atoms with Crippen LogP contribution in [0, 0.1) is 0 Å². The first kappa shape index (κ1) is 24.6. The number of urea groups is 1. The number of aromatic nitrogens is 3. The van der Waals surface area contributed by atoms with E-state index in [1.165, 1.54) is 21.4 Å². The molecule has 1 aliphatic rings. The summed E-state index contributed by atoms with van der Waals surface area (Å²) in [4.78, 5) is 25.2. The van der Waals surface area contributed by atoms with E-state index in [-0.39, 0.29) is 35.9 Å². The smallest absolute Gasteiger partial charge is 0.336 e. The number of hydrogen-bond acceptors (Lipinski definition) is 3. The Labute approximate surface area is 201 Å². The van der Waals surface area contributed by atoms with Gasteiger partial charge in [-0.05, 0) is 48.1 Å². The number of nitrogens with one attached hydrogen (secondary N) is 2. The maximum atomic E-state index is 13.2. The molecule has 0 aliphatic heterocycles. The molecule has 0 bridgehead atoms. The molecule has 1 fully saturated rings. The zero-order valence-corrected chi connectivity index (χ0v) is 19.8. The molecule has 1 aliphatic carbocycles. The van der Waals surface area contributed by atoms with Crippen molar-refractivity contribution >= 4 is 11.7 Å². The van der Waals surface area contributed by atoms with Crippen LogP contribution in [0.15, 0.2) is 53.3 Å². The SMILES string of the molecule is CC(C)(C)c1ccc(NC(=O)NCCn2nc(-c3cccc(C(F)(F)F)c3)n(C3CC3)c2=O)cc1. The molecule has 2 amide bonds. The van der Waals surface area contributed by atoms with Crippen LogP contribution in [0.2, 0.25) is 0 Å². The normalized spacial score (nSPS) is 14.1. The molecule has 0 atom stereocenters. The number of amides is 2. The predicted octanol–water partition coefficient (Wildman–Crippen LogP) is 5.18. The molecule has 1 heterocycles. The van der Waals surface area contributed by atoms with Crippen LogP contribution in [0.25, 0.3) is 11.4 Å². The standard InChI is InChI=1S/C25H28F3N5O2/c1-24(2,3)17-7-9-19(10-8-17)30-22(34)29-13-14-32-23(35)33(20-11-12-20)21(31-32)16-5-4-6-18(15-16)25(26,27)28/h4-10,15,20H,11-14H2,1-3H3,(H2,29,30,34). The van der Waals surface area contributed by atoms with Gasteiger partial charge in [0.05, 0.1) is 12.1 Å². The molecule has 0 spiro atoms. The van der Waals surface area contributed by atoms with Gasteiger partial charge in [0.15, 0.2) is 5.82 Å². The molecule has 186 valence electrons. The van der Waals surface area contributed by atoms with Gasteiger partial charge in [0, 0.05) is 23.8 Å². The van der Waals surface area contributed by atoms with Crippen LogP contribution in [0.5, 0.6) is 0 Å². The lowest BCUT2D eigenvalue weighted by Gasteiger charge is -2.19. The quantitative estimate of drug-likeness (QED) is 0.503. The van der Waals surface area contributed by atoms with Gasteiger partial charge in [0.25, 0.3) is 0 Å². The van der Waals surface area contributed by atoms with Crippen LogP contribution in [-0.2, 0) is 18.1 Å². The minimum absolute atomic E-state index is 0.00480. The fraction of sp³-hybridized carbons (Fsp3) is 0.400. The Hall–Kier alpha value is -3.56. The third-order valence-corrected chi connectivity index (χ3v) is 5.85. The first-order valence-electron chi connectivity index (χ1n) is 11.5. The number of carbonyl (C=O) groups excluding carboxylic acids is 1. The second-order valence-electron chi connectivity index (χ2n) is 9.72. The summed E-state index contributed by atoms with van der Waals surface area (Å²) in [6.45, 7) is 6.52. The second-order valence-corrected chi connectivity index (χ2v) is 9.72. The first-order chi connectivity index (χ1) is 16.4. The van der Waals surface area contributed by atoms with Crippen molar-refractivity contribution in [3.05, 3.63) is 70.1 Å². The van der Waals surface area contributed by atoms with Crippen molar-refractivity contribution < 1.29 is 18.0 Å². The summed E-state index contributed by atoms with van der Waals surface area (Å²) in [5.74, 6) is 0.201. The molecule has 0 radical (unpaired) electrons. The van der Waals surface area contributed by atoms with Crippen LogP contribution in [0.4, 0.5) is 23.7 Å². The van der Waals surface area contributed by atoms with Crippen molar-refractivity contribution in [2.24, 2.45) is 0 Å². The number of halogens is 3. The van der Waals surface area contributed by atoms with E-state index >= 15 is 0 Å². The Kier molecular flexibility index (Phi) is 6.48. The van der Waals surface area contributed by atoms with E-state index in [0.29, 0.717) is 5.69 Å². The molecule has 10 heteroatoms. The Bertz CT molecular complexity index is 1270. The summed E-state index contributed by atoms with van der Waals surface area (Å²) < 4.78 is 42.1. The highest BCUT2D eigenvalue weighted by molar-refractivity contribution is 5.89. The van der Waals surface area contributed by atoms with E-state index in [1.54, 1.807) is 0 Å². The Morgan fingerprint density at radius 3 is 2.34 bits per heavy atom. The minimum Gasteiger partial charge on any atom is -0.336 e. The summed E-state index contributed by atoms with van der Waals surface area (Å²) >= 11 is 0. The maximum absolute atomic E-state index is 13.2. The summed E-state index contributed by atoms with van der Waals surface area (Å²) in [5.41, 5.74) is 0.813. The summed E-state index contributed by atoms with van der Waals surface area (Å²) in [6.07, 6.45) is -2.95. The van der Waals surface area contributed by atoms with Crippen molar-refractivity contribution in [1.29, 1.82) is 0 Å². The Morgan fingerprint density at radius 2 is 1.74 bits per heavy atom. The van der Waals surface area contributed by atoms with Gasteiger partial charge >= 0.3 is 17.9 Å². The summed E-state index contributed by atoms with van der Waals surface area (Å²) in [6, 6.07) is 11.8. The maximum Gasteiger partial charge on any atom is 0.416 e. The number of rotatable bonds is 6. The molecule has 2 aromatic carbocycles. The highest BCUT2D eigenvalue weighted by Gasteiger charge is 2.33. The van der Waals surface area contributed by atoms with E-state index in [9.17, 15) is 22.8 Å². The monoisotopic (exact) mass is 487 g/mol. The Morgan fingerprint density at radius 1 is 1.06 bits per heavy atom. The molecule has 1 saturated carbocycles. The van der Waals surface area contributed by atoms with Crippen LogP contribution >= 0.6 is 0 Å². The third kappa shape index (κ3) is 5.75. The number of alkyl halides is 3. The molecule has 35 heavy (non-hydrogen) atoms. The lowest BCUT2D eigenvalue weighted by Crippen LogP contribution is -2.34. The van der Waals surface area contributed by atoms with Crippen molar-refractivity contribution in [3.63, 3.8) is 0 Å². The molecular weight excluding hydrogens is 459 g/mol. The largest absolute Gasteiger partial charge is 0.416 e.